The van der Waals surface area contributed by atoms with Crippen LogP contribution in [-0.4, -0.2) is 48.9 Å². The summed E-state index contributed by atoms with van der Waals surface area (Å²) in [7, 11) is 0. The summed E-state index contributed by atoms with van der Waals surface area (Å²) < 4.78 is 11.6. The maximum atomic E-state index is 12.7. The number of nitrogens with zero attached hydrogens (tertiary/aromatic N) is 1. The van der Waals surface area contributed by atoms with E-state index in [1.165, 1.54) is 24.8 Å². The van der Waals surface area contributed by atoms with E-state index in [0.717, 1.165) is 18.0 Å². The first-order chi connectivity index (χ1) is 11.6. The number of rotatable bonds is 2. The Labute approximate surface area is 143 Å². The molecule has 3 fully saturated rings. The molecule has 2 saturated heterocycles. The van der Waals surface area contributed by atoms with Crippen molar-refractivity contribution in [3.63, 3.8) is 0 Å². The van der Waals surface area contributed by atoms with Crippen LogP contribution in [0.4, 0.5) is 10.5 Å². The highest BCUT2D eigenvalue weighted by Gasteiger charge is 2.44. The van der Waals surface area contributed by atoms with Crippen LogP contribution in [0.5, 0.6) is 0 Å². The van der Waals surface area contributed by atoms with Gasteiger partial charge in [0.05, 0.1) is 19.3 Å². The van der Waals surface area contributed by atoms with Gasteiger partial charge in [-0.2, -0.15) is 0 Å². The lowest BCUT2D eigenvalue weighted by Crippen LogP contribution is -2.57. The summed E-state index contributed by atoms with van der Waals surface area (Å²) in [4.78, 5) is 14.5. The molecule has 1 saturated carbocycles. The number of anilines is 1. The lowest BCUT2D eigenvalue weighted by molar-refractivity contribution is -0.136. The molecular formula is C19H26N2O3. The van der Waals surface area contributed by atoms with Crippen LogP contribution in [0.1, 0.15) is 44.1 Å². The van der Waals surface area contributed by atoms with Crippen LogP contribution in [0, 0.1) is 0 Å². The number of carbonyl (C=O) groups excluding carboxylic acids is 1. The number of amides is 2. The highest BCUT2D eigenvalue weighted by Crippen LogP contribution is 2.36. The molecule has 1 aromatic carbocycles. The number of benzene rings is 1. The Morgan fingerprint density at radius 2 is 2.08 bits per heavy atom. The Balaban J connectivity index is 1.39. The average Bonchev–Trinajstić information content (AvgIpc) is 2.94. The average molecular weight is 330 g/mol. The molecule has 0 bridgehead atoms. The van der Waals surface area contributed by atoms with Crippen LogP contribution in [0.25, 0.3) is 0 Å². The maximum Gasteiger partial charge on any atom is 0.322 e. The van der Waals surface area contributed by atoms with Crippen molar-refractivity contribution in [1.29, 1.82) is 0 Å². The molecule has 1 aromatic rings. The molecule has 2 heterocycles. The zero-order chi connectivity index (χ0) is 16.6. The second-order valence-corrected chi connectivity index (χ2v) is 7.47. The number of nitrogens with one attached hydrogen (secondary N) is 1. The van der Waals surface area contributed by atoms with Gasteiger partial charge in [0.2, 0.25) is 0 Å². The van der Waals surface area contributed by atoms with Crippen molar-refractivity contribution in [3.8, 4) is 0 Å². The lowest BCUT2D eigenvalue weighted by atomic mass is 9.80. The van der Waals surface area contributed by atoms with Gasteiger partial charge in [0, 0.05) is 25.3 Å². The molecular weight excluding hydrogens is 304 g/mol. The Hall–Kier alpha value is -1.59. The quantitative estimate of drug-likeness (QED) is 0.904. The molecule has 1 N–H and O–H groups in total. The van der Waals surface area contributed by atoms with Crippen molar-refractivity contribution in [3.05, 3.63) is 29.8 Å². The lowest BCUT2D eigenvalue weighted by Gasteiger charge is -2.42. The molecule has 0 radical (unpaired) electrons. The fourth-order valence-corrected chi connectivity index (χ4v) is 3.97. The molecule has 2 unspecified atom stereocenters. The molecule has 3 aliphatic rings. The number of ether oxygens (including phenoxy) is 2. The van der Waals surface area contributed by atoms with Crippen LogP contribution in [0.15, 0.2) is 24.3 Å². The zero-order valence-electron chi connectivity index (χ0n) is 14.3. The third-order valence-electron chi connectivity index (χ3n) is 5.50. The van der Waals surface area contributed by atoms with Crippen molar-refractivity contribution in [2.45, 2.75) is 50.2 Å². The predicted octanol–water partition coefficient (Wildman–Crippen LogP) is 3.37. The van der Waals surface area contributed by atoms with Gasteiger partial charge in [0.1, 0.15) is 5.60 Å². The minimum absolute atomic E-state index is 0.0344. The molecule has 24 heavy (non-hydrogen) atoms. The highest BCUT2D eigenvalue weighted by atomic mass is 16.6. The van der Waals surface area contributed by atoms with Gasteiger partial charge in [-0.05, 0) is 43.4 Å². The zero-order valence-corrected chi connectivity index (χ0v) is 14.3. The van der Waals surface area contributed by atoms with E-state index in [-0.39, 0.29) is 17.7 Å². The summed E-state index contributed by atoms with van der Waals surface area (Å²) in [5, 5.41) is 3.03. The fourth-order valence-electron chi connectivity index (χ4n) is 3.97. The maximum absolute atomic E-state index is 12.7. The van der Waals surface area contributed by atoms with E-state index in [2.05, 4.69) is 17.4 Å². The smallest absolute Gasteiger partial charge is 0.322 e. The number of hydrogen-bond acceptors (Lipinski definition) is 3. The van der Waals surface area contributed by atoms with Gasteiger partial charge in [0.25, 0.3) is 0 Å². The number of morpholine rings is 1. The Morgan fingerprint density at radius 3 is 2.71 bits per heavy atom. The van der Waals surface area contributed by atoms with Crippen molar-refractivity contribution in [2.75, 3.05) is 31.6 Å². The van der Waals surface area contributed by atoms with E-state index in [9.17, 15) is 4.79 Å². The van der Waals surface area contributed by atoms with Gasteiger partial charge in [0.15, 0.2) is 0 Å². The molecule has 5 heteroatoms. The highest BCUT2D eigenvalue weighted by molar-refractivity contribution is 5.89. The van der Waals surface area contributed by atoms with Crippen molar-refractivity contribution >= 4 is 11.7 Å². The summed E-state index contributed by atoms with van der Waals surface area (Å²) in [6, 6.07) is 8.28. The first kappa shape index (κ1) is 15.9. The second kappa shape index (κ2) is 6.37. The van der Waals surface area contributed by atoms with E-state index in [1.807, 2.05) is 24.0 Å². The number of carbonyl (C=O) groups is 1. The normalized spacial score (nSPS) is 30.4. The van der Waals surface area contributed by atoms with Crippen molar-refractivity contribution in [1.82, 2.24) is 4.90 Å². The second-order valence-electron chi connectivity index (χ2n) is 7.47. The van der Waals surface area contributed by atoms with Crippen LogP contribution in [0.3, 0.4) is 0 Å². The molecule has 2 atom stereocenters. The SMILES string of the molecule is CC1CN(C(=O)Nc2ccc(C3CCC3)cc2)CC2(CCOC2)O1. The van der Waals surface area contributed by atoms with Crippen molar-refractivity contribution in [2.24, 2.45) is 0 Å². The van der Waals surface area contributed by atoms with Gasteiger partial charge < -0.3 is 19.7 Å². The summed E-state index contributed by atoms with van der Waals surface area (Å²) >= 11 is 0. The van der Waals surface area contributed by atoms with E-state index in [4.69, 9.17) is 9.47 Å². The van der Waals surface area contributed by atoms with Gasteiger partial charge in [-0.25, -0.2) is 4.79 Å². The third kappa shape index (κ3) is 3.15. The largest absolute Gasteiger partial charge is 0.378 e. The summed E-state index contributed by atoms with van der Waals surface area (Å²) in [5.74, 6) is 0.720. The molecule has 130 valence electrons. The third-order valence-corrected chi connectivity index (χ3v) is 5.50. The minimum atomic E-state index is -0.316. The van der Waals surface area contributed by atoms with Crippen LogP contribution >= 0.6 is 0 Å². The van der Waals surface area contributed by atoms with Crippen molar-refractivity contribution < 1.29 is 14.3 Å². The first-order valence-corrected chi connectivity index (χ1v) is 9.05. The molecule has 5 nitrogen and oxygen atoms in total. The Morgan fingerprint density at radius 1 is 1.29 bits per heavy atom. The summed E-state index contributed by atoms with van der Waals surface area (Å²) in [5.41, 5.74) is 1.93. The van der Waals surface area contributed by atoms with Crippen LogP contribution in [0.2, 0.25) is 0 Å². The van der Waals surface area contributed by atoms with Gasteiger partial charge in [-0.3, -0.25) is 0 Å². The predicted molar refractivity (Wildman–Crippen MR) is 92.3 cm³/mol. The van der Waals surface area contributed by atoms with E-state index < -0.39 is 0 Å². The van der Waals surface area contributed by atoms with E-state index in [0.29, 0.717) is 26.3 Å². The molecule has 0 aromatic heterocycles. The van der Waals surface area contributed by atoms with Crippen LogP contribution in [-0.2, 0) is 9.47 Å². The first-order valence-electron chi connectivity index (χ1n) is 9.05. The molecule has 1 aliphatic carbocycles. The molecule has 4 rings (SSSR count). The summed E-state index contributed by atoms with van der Waals surface area (Å²) in [6.07, 6.45) is 4.82. The number of urea groups is 1. The standard InChI is InChI=1S/C19H26N2O3/c1-14-11-21(12-19(24-14)9-10-23-13-19)18(22)20-17-7-5-16(6-8-17)15-3-2-4-15/h5-8,14-15H,2-4,9-13H2,1H3,(H,20,22). The monoisotopic (exact) mass is 330 g/mol. The van der Waals surface area contributed by atoms with E-state index >= 15 is 0 Å². The molecule has 2 aliphatic heterocycles. The molecule has 1 spiro atoms. The topological polar surface area (TPSA) is 50.8 Å². The van der Waals surface area contributed by atoms with Gasteiger partial charge >= 0.3 is 6.03 Å². The Bertz CT molecular complexity index is 591. The molecule has 2 amide bonds. The van der Waals surface area contributed by atoms with Gasteiger partial charge in [-0.15, -0.1) is 0 Å². The fraction of sp³-hybridized carbons (Fsp3) is 0.632. The summed E-state index contributed by atoms with van der Waals surface area (Å²) in [6.45, 7) is 4.53. The number of hydrogen-bond donors (Lipinski definition) is 1. The van der Waals surface area contributed by atoms with Gasteiger partial charge in [-0.1, -0.05) is 18.6 Å². The Kier molecular flexibility index (Phi) is 4.22. The van der Waals surface area contributed by atoms with E-state index in [1.54, 1.807) is 0 Å². The van der Waals surface area contributed by atoms with Crippen LogP contribution < -0.4 is 5.32 Å². The minimum Gasteiger partial charge on any atom is -0.378 e.